The summed E-state index contributed by atoms with van der Waals surface area (Å²) in [6, 6.07) is 7.69. The van der Waals surface area contributed by atoms with Crippen molar-refractivity contribution >= 4 is 19.2 Å². The number of unbranched alkanes of at least 4 members (excludes halogenated alkanes) is 2. The zero-order chi connectivity index (χ0) is 22.6. The van der Waals surface area contributed by atoms with E-state index in [4.69, 9.17) is 13.6 Å². The van der Waals surface area contributed by atoms with E-state index in [0.717, 1.165) is 55.4 Å². The summed E-state index contributed by atoms with van der Waals surface area (Å²) in [5.74, 6) is 0.638. The van der Waals surface area contributed by atoms with Crippen LogP contribution in [-0.4, -0.2) is 11.7 Å². The number of aryl methyl sites for hydroxylation is 1. The minimum Gasteiger partial charge on any atom is -0.507 e. The van der Waals surface area contributed by atoms with Gasteiger partial charge in [0.05, 0.1) is 6.61 Å². The first-order valence-electron chi connectivity index (χ1n) is 11.7. The van der Waals surface area contributed by atoms with Gasteiger partial charge in [-0.05, 0) is 68.2 Å². The lowest BCUT2D eigenvalue weighted by molar-refractivity contribution is 0.0525. The van der Waals surface area contributed by atoms with E-state index in [0.29, 0.717) is 24.3 Å². The second-order valence-corrected chi connectivity index (χ2v) is 11.3. The largest absolute Gasteiger partial charge is 0.530 e. The number of phenols is 1. The lowest BCUT2D eigenvalue weighted by Crippen LogP contribution is -2.16. The van der Waals surface area contributed by atoms with Crippen LogP contribution in [-0.2, 0) is 20.0 Å². The third kappa shape index (κ3) is 5.66. The molecule has 1 fully saturated rings. The van der Waals surface area contributed by atoms with Crippen molar-refractivity contribution in [2.75, 3.05) is 6.61 Å². The predicted molar refractivity (Wildman–Crippen MR) is 129 cm³/mol. The van der Waals surface area contributed by atoms with Crippen LogP contribution in [0.15, 0.2) is 41.3 Å². The van der Waals surface area contributed by atoms with Gasteiger partial charge in [0, 0.05) is 22.8 Å². The van der Waals surface area contributed by atoms with Crippen LogP contribution in [0.2, 0.25) is 0 Å². The summed E-state index contributed by atoms with van der Waals surface area (Å²) in [6.45, 7) is 4.59. The smallest absolute Gasteiger partial charge is 0.507 e. The van der Waals surface area contributed by atoms with Gasteiger partial charge in [0.2, 0.25) is 0 Å². The van der Waals surface area contributed by atoms with Crippen molar-refractivity contribution in [1.29, 1.82) is 0 Å². The Morgan fingerprint density at radius 3 is 2.91 bits per heavy atom. The van der Waals surface area contributed by atoms with E-state index in [2.05, 4.69) is 19.9 Å². The van der Waals surface area contributed by atoms with Gasteiger partial charge >= 0.3 is 7.82 Å². The predicted octanol–water partition coefficient (Wildman–Crippen LogP) is 8.07. The summed E-state index contributed by atoms with van der Waals surface area (Å²) in [4.78, 5) is 1.01. The summed E-state index contributed by atoms with van der Waals surface area (Å²) in [5.41, 5.74) is 2.96. The van der Waals surface area contributed by atoms with Crippen molar-refractivity contribution in [3.05, 3.63) is 57.3 Å². The zero-order valence-corrected chi connectivity index (χ0v) is 20.6. The number of phosphoric acid groups is 1. The molecular weight excluding hydrogens is 443 g/mol. The number of aromatic hydroxyl groups is 1. The van der Waals surface area contributed by atoms with E-state index in [1.807, 2.05) is 29.6 Å². The van der Waals surface area contributed by atoms with Crippen LogP contribution in [0.4, 0.5) is 0 Å². The fraction of sp³-hybridized carbons (Fsp3) is 0.520. The molecule has 1 saturated heterocycles. The first-order chi connectivity index (χ1) is 15.5. The molecule has 1 aromatic heterocycles. The minimum absolute atomic E-state index is 0.0212. The van der Waals surface area contributed by atoms with Gasteiger partial charge in [-0.2, -0.15) is 0 Å². The van der Waals surface area contributed by atoms with E-state index in [1.54, 1.807) is 11.3 Å². The number of thiophene rings is 1. The average molecular weight is 477 g/mol. The SMILES string of the molecule is CCCCCc1cc(O)c(C2C=C(C)CCC2)c(OP2(=O)OCCC(c3cccs3)O2)c1. The van der Waals surface area contributed by atoms with Crippen LogP contribution in [0, 0.1) is 0 Å². The Morgan fingerprint density at radius 2 is 2.16 bits per heavy atom. The Hall–Kier alpha value is -1.59. The Kier molecular flexibility index (Phi) is 7.78. The van der Waals surface area contributed by atoms with Crippen molar-refractivity contribution in [2.45, 2.75) is 77.2 Å². The molecule has 1 aromatic carbocycles. The van der Waals surface area contributed by atoms with Gasteiger partial charge in [-0.3, -0.25) is 9.05 Å². The van der Waals surface area contributed by atoms with Gasteiger partial charge in [0.25, 0.3) is 0 Å². The zero-order valence-electron chi connectivity index (χ0n) is 18.9. The lowest BCUT2D eigenvalue weighted by Gasteiger charge is -2.30. The molecule has 0 spiro atoms. The second-order valence-electron chi connectivity index (χ2n) is 8.77. The average Bonchev–Trinajstić information content (AvgIpc) is 3.28. The van der Waals surface area contributed by atoms with Crippen molar-refractivity contribution in [3.8, 4) is 11.5 Å². The number of phosphoric ester groups is 1. The first kappa shape index (κ1) is 23.6. The fourth-order valence-corrected chi connectivity index (χ4v) is 6.79. The standard InChI is InChI=1S/C25H33O5PS/c1-3-4-5-9-19-16-21(26)25(20-10-6-8-18(2)15-20)23(17-19)30-31(27)28-13-12-22(29-31)24-11-7-14-32-24/h7,11,14-17,20,22,26H,3-6,8-10,12-13H2,1-2H3. The van der Waals surface area contributed by atoms with Crippen LogP contribution in [0.3, 0.4) is 0 Å². The molecule has 7 heteroatoms. The van der Waals surface area contributed by atoms with E-state index in [9.17, 15) is 9.67 Å². The van der Waals surface area contributed by atoms with E-state index < -0.39 is 7.82 Å². The van der Waals surface area contributed by atoms with Crippen LogP contribution >= 0.6 is 19.2 Å². The van der Waals surface area contributed by atoms with E-state index >= 15 is 0 Å². The molecule has 4 rings (SSSR count). The molecule has 0 bridgehead atoms. The number of rotatable bonds is 8. The molecule has 0 amide bonds. The lowest BCUT2D eigenvalue weighted by atomic mass is 9.84. The van der Waals surface area contributed by atoms with Crippen LogP contribution < -0.4 is 4.52 Å². The molecule has 32 heavy (non-hydrogen) atoms. The summed E-state index contributed by atoms with van der Waals surface area (Å²) in [7, 11) is -3.82. The molecule has 1 aliphatic heterocycles. The molecule has 0 radical (unpaired) electrons. The van der Waals surface area contributed by atoms with Crippen molar-refractivity contribution in [1.82, 2.24) is 0 Å². The molecule has 2 aliphatic rings. The maximum Gasteiger partial charge on any atom is 0.530 e. The highest BCUT2D eigenvalue weighted by Gasteiger charge is 2.39. The van der Waals surface area contributed by atoms with E-state index in [-0.39, 0.29) is 17.8 Å². The van der Waals surface area contributed by atoms with Gasteiger partial charge in [-0.25, -0.2) is 4.57 Å². The van der Waals surface area contributed by atoms with Crippen LogP contribution in [0.5, 0.6) is 11.5 Å². The molecule has 3 unspecified atom stereocenters. The normalized spacial score (nSPS) is 26.0. The van der Waals surface area contributed by atoms with Gasteiger partial charge < -0.3 is 9.63 Å². The maximum absolute atomic E-state index is 13.5. The summed E-state index contributed by atoms with van der Waals surface area (Å²) in [5, 5.41) is 13.0. The highest BCUT2D eigenvalue weighted by molar-refractivity contribution is 7.49. The molecule has 3 atom stereocenters. The number of hydrogen-bond acceptors (Lipinski definition) is 6. The molecule has 5 nitrogen and oxygen atoms in total. The molecule has 0 saturated carbocycles. The van der Waals surface area contributed by atoms with Crippen molar-refractivity contribution in [3.63, 3.8) is 0 Å². The highest BCUT2D eigenvalue weighted by atomic mass is 32.1. The van der Waals surface area contributed by atoms with E-state index in [1.165, 1.54) is 5.57 Å². The van der Waals surface area contributed by atoms with Crippen LogP contribution in [0.25, 0.3) is 0 Å². The Morgan fingerprint density at radius 1 is 1.28 bits per heavy atom. The monoisotopic (exact) mass is 476 g/mol. The van der Waals surface area contributed by atoms with Gasteiger partial charge in [0.1, 0.15) is 17.6 Å². The molecule has 2 aromatic rings. The number of benzene rings is 1. The molecule has 2 heterocycles. The third-order valence-electron chi connectivity index (χ3n) is 6.15. The number of allylic oxidation sites excluding steroid dienone is 2. The molecule has 174 valence electrons. The Balaban J connectivity index is 1.65. The number of hydrogen-bond donors (Lipinski definition) is 1. The second kappa shape index (κ2) is 10.6. The summed E-state index contributed by atoms with van der Waals surface area (Å²) >= 11 is 1.57. The first-order valence-corrected chi connectivity index (χ1v) is 14.0. The fourth-order valence-electron chi connectivity index (χ4n) is 4.53. The summed E-state index contributed by atoms with van der Waals surface area (Å²) in [6.07, 6.45) is 9.66. The molecule has 1 N–H and O–H groups in total. The summed E-state index contributed by atoms with van der Waals surface area (Å²) < 4.78 is 31.0. The van der Waals surface area contributed by atoms with Crippen molar-refractivity contribution in [2.24, 2.45) is 0 Å². The Labute approximate surface area is 195 Å². The molecular formula is C25H33O5PS. The topological polar surface area (TPSA) is 65.0 Å². The highest BCUT2D eigenvalue weighted by Crippen LogP contribution is 2.58. The van der Waals surface area contributed by atoms with Gasteiger partial charge in [-0.1, -0.05) is 37.5 Å². The van der Waals surface area contributed by atoms with Gasteiger partial charge in [0.15, 0.2) is 0 Å². The number of phenolic OH excluding ortho intramolecular Hbond substituents is 1. The van der Waals surface area contributed by atoms with Crippen LogP contribution in [0.1, 0.15) is 86.8 Å². The quantitative estimate of drug-likeness (QED) is 0.237. The van der Waals surface area contributed by atoms with Crippen molar-refractivity contribution < 1.29 is 23.2 Å². The Bertz CT molecular complexity index is 984. The maximum atomic E-state index is 13.5. The third-order valence-corrected chi connectivity index (χ3v) is 8.54. The molecule has 1 aliphatic carbocycles. The minimum atomic E-state index is -3.82. The van der Waals surface area contributed by atoms with Gasteiger partial charge in [-0.15, -0.1) is 11.3 Å².